The Morgan fingerprint density at radius 2 is 1.77 bits per heavy atom. The number of aliphatic hydroxyl groups excluding tert-OH is 1. The van der Waals surface area contributed by atoms with Crippen molar-refractivity contribution in [3.63, 3.8) is 0 Å². The summed E-state index contributed by atoms with van der Waals surface area (Å²) in [5.74, 6) is 0.673. The van der Waals surface area contributed by atoms with Crippen molar-refractivity contribution < 1.29 is 28.9 Å². The average Bonchev–Trinajstić information content (AvgIpc) is 3.21. The van der Waals surface area contributed by atoms with Crippen LogP contribution in [-0.4, -0.2) is 63.0 Å². The second kappa shape index (κ2) is 11.0. The zero-order chi connectivity index (χ0) is 19.5. The van der Waals surface area contributed by atoms with Gasteiger partial charge in [0.05, 0.1) is 25.5 Å². The molecule has 2 N–H and O–H groups in total. The maximum absolute atomic E-state index is 12.8. The van der Waals surface area contributed by atoms with E-state index in [4.69, 9.17) is 19.3 Å². The molecule has 2 amide bonds. The third-order valence-corrected chi connectivity index (χ3v) is 3.72. The number of likely N-dealkylation sites (tertiary alicyclic amines) is 1. The zero-order valence-corrected chi connectivity index (χ0v) is 15.4. The van der Waals surface area contributed by atoms with Crippen LogP contribution >= 0.6 is 0 Å². The first-order chi connectivity index (χ1) is 12.6. The van der Waals surface area contributed by atoms with Crippen molar-refractivity contribution in [3.8, 4) is 11.5 Å². The van der Waals surface area contributed by atoms with E-state index < -0.39 is 6.09 Å². The van der Waals surface area contributed by atoms with Crippen molar-refractivity contribution in [1.29, 1.82) is 0 Å². The molecule has 0 radical (unpaired) electrons. The lowest BCUT2D eigenvalue weighted by atomic mass is 10.1. The molecule has 1 aliphatic rings. The van der Waals surface area contributed by atoms with Gasteiger partial charge in [-0.25, -0.2) is 4.79 Å². The molecule has 1 aromatic rings. The molecule has 1 fully saturated rings. The Morgan fingerprint density at radius 1 is 1.19 bits per heavy atom. The normalized spacial score (nSPS) is 12.5. The average molecular weight is 366 g/mol. The molecule has 0 unspecified atom stereocenters. The Morgan fingerprint density at radius 3 is 2.31 bits per heavy atom. The standard InChI is InChI=1S/C17H22N2O5.CH4O/c1-4-9-24-17(21)18-13-11-15(23-3)14(22-2)10-12(13)16(20)19-7-5-6-8-19;1-2/h4,10-11H,1,5-9H2,2-3H3,(H,18,21);2H,1H3. The molecule has 0 aromatic heterocycles. The zero-order valence-electron chi connectivity index (χ0n) is 15.4. The number of hydrogen-bond acceptors (Lipinski definition) is 6. The van der Waals surface area contributed by atoms with E-state index in [-0.39, 0.29) is 12.5 Å². The molecular weight excluding hydrogens is 340 g/mol. The van der Waals surface area contributed by atoms with Crippen LogP contribution in [0.25, 0.3) is 0 Å². The van der Waals surface area contributed by atoms with Crippen LogP contribution in [0.15, 0.2) is 24.8 Å². The molecule has 26 heavy (non-hydrogen) atoms. The largest absolute Gasteiger partial charge is 0.493 e. The van der Waals surface area contributed by atoms with Crippen LogP contribution in [0.4, 0.5) is 10.5 Å². The number of rotatable bonds is 6. The number of methoxy groups -OCH3 is 2. The molecule has 8 heteroatoms. The van der Waals surface area contributed by atoms with Crippen molar-refractivity contribution in [2.45, 2.75) is 12.8 Å². The fraction of sp³-hybridized carbons (Fsp3) is 0.444. The molecule has 1 aliphatic heterocycles. The molecular formula is C18H26N2O6. The maximum Gasteiger partial charge on any atom is 0.411 e. The van der Waals surface area contributed by atoms with Gasteiger partial charge < -0.3 is 24.2 Å². The molecule has 0 saturated carbocycles. The Kier molecular flexibility index (Phi) is 9.00. The molecule has 0 spiro atoms. The summed E-state index contributed by atoms with van der Waals surface area (Å²) in [7, 11) is 3.98. The minimum Gasteiger partial charge on any atom is -0.493 e. The summed E-state index contributed by atoms with van der Waals surface area (Å²) in [6.45, 7) is 4.97. The highest BCUT2D eigenvalue weighted by Crippen LogP contribution is 2.34. The van der Waals surface area contributed by atoms with E-state index in [0.717, 1.165) is 20.0 Å². The third-order valence-electron chi connectivity index (χ3n) is 3.72. The number of aliphatic hydroxyl groups is 1. The van der Waals surface area contributed by atoms with Crippen LogP contribution in [0.5, 0.6) is 11.5 Å². The van der Waals surface area contributed by atoms with Gasteiger partial charge in [0.25, 0.3) is 5.91 Å². The van der Waals surface area contributed by atoms with E-state index in [1.807, 2.05) is 0 Å². The Balaban J connectivity index is 0.00000163. The predicted molar refractivity (Wildman–Crippen MR) is 98.0 cm³/mol. The van der Waals surface area contributed by atoms with Gasteiger partial charge in [0, 0.05) is 26.3 Å². The van der Waals surface area contributed by atoms with Crippen LogP contribution in [0.3, 0.4) is 0 Å². The first-order valence-corrected chi connectivity index (χ1v) is 8.15. The minimum atomic E-state index is -0.669. The van der Waals surface area contributed by atoms with Gasteiger partial charge >= 0.3 is 6.09 Å². The van der Waals surface area contributed by atoms with Crippen molar-refractivity contribution >= 4 is 17.7 Å². The lowest BCUT2D eigenvalue weighted by Crippen LogP contribution is -2.29. The monoisotopic (exact) mass is 366 g/mol. The van der Waals surface area contributed by atoms with E-state index in [1.54, 1.807) is 17.0 Å². The van der Waals surface area contributed by atoms with Crippen LogP contribution in [0.1, 0.15) is 23.2 Å². The van der Waals surface area contributed by atoms with Crippen LogP contribution in [0.2, 0.25) is 0 Å². The van der Waals surface area contributed by atoms with Gasteiger partial charge in [-0.3, -0.25) is 10.1 Å². The number of nitrogens with one attached hydrogen (secondary N) is 1. The Bertz CT molecular complexity index is 626. The number of carbonyl (C=O) groups is 2. The van der Waals surface area contributed by atoms with Crippen molar-refractivity contribution in [3.05, 3.63) is 30.4 Å². The summed E-state index contributed by atoms with van der Waals surface area (Å²) in [5, 5.41) is 9.58. The number of carbonyl (C=O) groups excluding carboxylic acids is 2. The summed E-state index contributed by atoms with van der Waals surface area (Å²) in [6.07, 6.45) is 2.74. The van der Waals surface area contributed by atoms with Crippen molar-refractivity contribution in [2.75, 3.05) is 46.3 Å². The summed E-state index contributed by atoms with van der Waals surface area (Å²) in [5.41, 5.74) is 0.656. The highest BCUT2D eigenvalue weighted by atomic mass is 16.5. The number of ether oxygens (including phenoxy) is 3. The molecule has 1 heterocycles. The molecule has 2 rings (SSSR count). The van der Waals surface area contributed by atoms with E-state index >= 15 is 0 Å². The predicted octanol–water partition coefficient (Wildman–Crippen LogP) is 2.28. The second-order valence-corrected chi connectivity index (χ2v) is 5.26. The molecule has 1 saturated heterocycles. The number of nitrogens with zero attached hydrogens (tertiary/aromatic N) is 1. The lowest BCUT2D eigenvalue weighted by Gasteiger charge is -2.19. The van der Waals surface area contributed by atoms with Crippen LogP contribution in [0, 0.1) is 0 Å². The van der Waals surface area contributed by atoms with Crippen molar-refractivity contribution in [1.82, 2.24) is 4.90 Å². The van der Waals surface area contributed by atoms with Gasteiger partial charge in [0.2, 0.25) is 0 Å². The lowest BCUT2D eigenvalue weighted by molar-refractivity contribution is 0.0793. The van der Waals surface area contributed by atoms with E-state index in [2.05, 4.69) is 11.9 Å². The second-order valence-electron chi connectivity index (χ2n) is 5.26. The Labute approximate surface area is 153 Å². The van der Waals surface area contributed by atoms with Gasteiger partial charge in [-0.2, -0.15) is 0 Å². The molecule has 0 bridgehead atoms. The first kappa shape index (κ1) is 21.3. The molecule has 8 nitrogen and oxygen atoms in total. The van der Waals surface area contributed by atoms with Gasteiger partial charge in [0.15, 0.2) is 11.5 Å². The molecule has 1 aromatic carbocycles. The number of hydrogen-bond donors (Lipinski definition) is 2. The minimum absolute atomic E-state index is 0.0779. The maximum atomic E-state index is 12.8. The fourth-order valence-electron chi connectivity index (χ4n) is 2.53. The smallest absolute Gasteiger partial charge is 0.411 e. The van der Waals surface area contributed by atoms with E-state index in [1.165, 1.54) is 20.3 Å². The first-order valence-electron chi connectivity index (χ1n) is 8.15. The van der Waals surface area contributed by atoms with Crippen LogP contribution in [-0.2, 0) is 4.74 Å². The SMILES string of the molecule is C=CCOC(=O)Nc1cc(OC)c(OC)cc1C(=O)N1CCCC1.CO. The molecule has 0 aliphatic carbocycles. The van der Waals surface area contributed by atoms with E-state index in [0.29, 0.717) is 35.8 Å². The van der Waals surface area contributed by atoms with Gasteiger partial charge in [-0.05, 0) is 18.9 Å². The summed E-state index contributed by atoms with van der Waals surface area (Å²) >= 11 is 0. The summed E-state index contributed by atoms with van der Waals surface area (Å²) in [4.78, 5) is 26.3. The van der Waals surface area contributed by atoms with Crippen molar-refractivity contribution in [2.24, 2.45) is 0 Å². The van der Waals surface area contributed by atoms with Gasteiger partial charge in [-0.1, -0.05) is 12.7 Å². The van der Waals surface area contributed by atoms with Crippen LogP contribution < -0.4 is 14.8 Å². The molecule has 0 atom stereocenters. The quantitative estimate of drug-likeness (QED) is 0.750. The number of benzene rings is 1. The van der Waals surface area contributed by atoms with E-state index in [9.17, 15) is 9.59 Å². The summed E-state index contributed by atoms with van der Waals surface area (Å²) < 4.78 is 15.4. The highest BCUT2D eigenvalue weighted by Gasteiger charge is 2.25. The fourth-order valence-corrected chi connectivity index (χ4v) is 2.53. The third kappa shape index (κ3) is 5.38. The Hall–Kier alpha value is -2.74. The summed E-state index contributed by atoms with van der Waals surface area (Å²) in [6, 6.07) is 3.12. The van der Waals surface area contributed by atoms with Gasteiger partial charge in [0.1, 0.15) is 6.61 Å². The van der Waals surface area contributed by atoms with Gasteiger partial charge in [-0.15, -0.1) is 0 Å². The number of anilines is 1. The number of amides is 2. The highest BCUT2D eigenvalue weighted by molar-refractivity contribution is 6.03. The molecule has 144 valence electrons. The topological polar surface area (TPSA) is 97.3 Å².